The number of amides is 1. The third-order valence-electron chi connectivity index (χ3n) is 3.73. The summed E-state index contributed by atoms with van der Waals surface area (Å²) in [4.78, 5) is 16.3. The molecule has 0 bridgehead atoms. The van der Waals surface area contributed by atoms with Crippen LogP contribution in [0.1, 0.15) is 0 Å². The molecule has 0 fully saturated rings. The molecule has 0 aliphatic carbocycles. The number of thioether (sulfide) groups is 1. The Morgan fingerprint density at radius 2 is 2.11 bits per heavy atom. The van der Waals surface area contributed by atoms with Crippen molar-refractivity contribution in [2.75, 3.05) is 18.2 Å². The van der Waals surface area contributed by atoms with E-state index in [1.54, 1.807) is 36.7 Å². The van der Waals surface area contributed by atoms with E-state index in [2.05, 4.69) is 27.1 Å². The third-order valence-corrected chi connectivity index (χ3v) is 5.00. The van der Waals surface area contributed by atoms with Crippen LogP contribution in [0, 0.1) is 0 Å². The summed E-state index contributed by atoms with van der Waals surface area (Å²) >= 11 is 7.38. The first kappa shape index (κ1) is 19.9. The number of hydrogen-bond acceptors (Lipinski definition) is 6. The van der Waals surface area contributed by atoms with Gasteiger partial charge in [-0.05, 0) is 30.3 Å². The second-order valence-corrected chi connectivity index (χ2v) is 6.98. The molecule has 0 saturated carbocycles. The minimum absolute atomic E-state index is 0.176. The van der Waals surface area contributed by atoms with Crippen LogP contribution in [-0.4, -0.2) is 38.5 Å². The van der Waals surface area contributed by atoms with E-state index >= 15 is 0 Å². The first-order valence-electron chi connectivity index (χ1n) is 8.33. The molecule has 0 unspecified atom stereocenters. The monoisotopic (exact) mass is 415 g/mol. The number of pyridine rings is 1. The Morgan fingerprint density at radius 3 is 2.79 bits per heavy atom. The Kier molecular flexibility index (Phi) is 6.67. The van der Waals surface area contributed by atoms with Crippen molar-refractivity contribution in [1.29, 1.82) is 0 Å². The van der Waals surface area contributed by atoms with Crippen molar-refractivity contribution in [2.45, 2.75) is 11.7 Å². The molecule has 2 aromatic heterocycles. The highest BCUT2D eigenvalue weighted by molar-refractivity contribution is 7.99. The molecule has 2 heterocycles. The van der Waals surface area contributed by atoms with Crippen molar-refractivity contribution >= 4 is 35.0 Å². The second kappa shape index (κ2) is 9.38. The van der Waals surface area contributed by atoms with Gasteiger partial charge < -0.3 is 10.1 Å². The number of anilines is 1. The lowest BCUT2D eigenvalue weighted by Gasteiger charge is -2.09. The fourth-order valence-corrected chi connectivity index (χ4v) is 3.48. The molecule has 1 aromatic carbocycles. The highest BCUT2D eigenvalue weighted by Crippen LogP contribution is 2.28. The number of hydrogen-bond donors (Lipinski definition) is 1. The van der Waals surface area contributed by atoms with E-state index in [0.717, 1.165) is 5.56 Å². The van der Waals surface area contributed by atoms with Crippen LogP contribution in [0.4, 0.5) is 5.69 Å². The number of methoxy groups -OCH3 is 1. The van der Waals surface area contributed by atoms with Gasteiger partial charge in [-0.1, -0.05) is 29.4 Å². The molecule has 9 heteroatoms. The Bertz CT molecular complexity index is 978. The summed E-state index contributed by atoms with van der Waals surface area (Å²) in [6, 6.07) is 8.79. The number of carbonyl (C=O) groups excluding carboxylic acids is 1. The number of aromatic nitrogens is 4. The van der Waals surface area contributed by atoms with Crippen LogP contribution >= 0.6 is 23.4 Å². The van der Waals surface area contributed by atoms with Crippen molar-refractivity contribution in [3.05, 3.63) is 60.4 Å². The van der Waals surface area contributed by atoms with Gasteiger partial charge in [0.15, 0.2) is 11.0 Å². The average molecular weight is 416 g/mol. The molecule has 144 valence electrons. The fraction of sp³-hybridized carbons (Fsp3) is 0.158. The highest BCUT2D eigenvalue weighted by atomic mass is 35.5. The quantitative estimate of drug-likeness (QED) is 0.443. The number of halogens is 1. The summed E-state index contributed by atoms with van der Waals surface area (Å²) in [6.45, 7) is 4.32. The van der Waals surface area contributed by atoms with Crippen molar-refractivity contribution in [1.82, 2.24) is 19.7 Å². The van der Waals surface area contributed by atoms with E-state index in [1.165, 1.54) is 18.9 Å². The van der Waals surface area contributed by atoms with Gasteiger partial charge in [0.05, 0.1) is 17.9 Å². The number of rotatable bonds is 8. The molecule has 0 aliphatic rings. The number of benzene rings is 1. The first-order valence-corrected chi connectivity index (χ1v) is 9.69. The SMILES string of the molecule is C=CCn1c(SCC(=O)Nc2ccc(OC)c(Cl)c2)nnc1-c1ccncc1. The van der Waals surface area contributed by atoms with Gasteiger partial charge in [0.1, 0.15) is 5.75 Å². The van der Waals surface area contributed by atoms with Crippen LogP contribution in [0.3, 0.4) is 0 Å². The van der Waals surface area contributed by atoms with Gasteiger partial charge >= 0.3 is 0 Å². The predicted molar refractivity (Wildman–Crippen MR) is 111 cm³/mol. The summed E-state index contributed by atoms with van der Waals surface area (Å²) in [5.41, 5.74) is 1.50. The lowest BCUT2D eigenvalue weighted by Crippen LogP contribution is -2.14. The molecule has 0 spiro atoms. The van der Waals surface area contributed by atoms with Gasteiger partial charge in [0, 0.05) is 30.2 Å². The maximum atomic E-state index is 12.3. The van der Waals surface area contributed by atoms with E-state index in [9.17, 15) is 4.79 Å². The average Bonchev–Trinajstić information content (AvgIpc) is 3.10. The highest BCUT2D eigenvalue weighted by Gasteiger charge is 2.15. The molecule has 0 atom stereocenters. The molecule has 7 nitrogen and oxygen atoms in total. The number of ether oxygens (including phenoxy) is 1. The summed E-state index contributed by atoms with van der Waals surface area (Å²) in [6.07, 6.45) is 5.16. The van der Waals surface area contributed by atoms with Gasteiger partial charge in [0.2, 0.25) is 5.91 Å². The Morgan fingerprint density at radius 1 is 1.32 bits per heavy atom. The first-order chi connectivity index (χ1) is 13.6. The van der Waals surface area contributed by atoms with Crippen molar-refractivity contribution in [3.8, 4) is 17.1 Å². The zero-order valence-electron chi connectivity index (χ0n) is 15.1. The Labute approximate surface area is 171 Å². The number of allylic oxidation sites excluding steroid dienone is 1. The van der Waals surface area contributed by atoms with E-state index < -0.39 is 0 Å². The van der Waals surface area contributed by atoms with E-state index in [-0.39, 0.29) is 11.7 Å². The number of nitrogens with one attached hydrogen (secondary N) is 1. The predicted octanol–water partition coefficient (Wildman–Crippen LogP) is 3.92. The zero-order chi connectivity index (χ0) is 19.9. The summed E-state index contributed by atoms with van der Waals surface area (Å²) in [5.74, 6) is 1.25. The number of carbonyl (C=O) groups is 1. The van der Waals surface area contributed by atoms with E-state index in [4.69, 9.17) is 16.3 Å². The lowest BCUT2D eigenvalue weighted by atomic mass is 10.2. The molecule has 0 aliphatic heterocycles. The minimum Gasteiger partial charge on any atom is -0.495 e. The maximum absolute atomic E-state index is 12.3. The smallest absolute Gasteiger partial charge is 0.234 e. The molecular weight excluding hydrogens is 398 g/mol. The van der Waals surface area contributed by atoms with Gasteiger partial charge in [-0.2, -0.15) is 0 Å². The Hall–Kier alpha value is -2.84. The molecule has 28 heavy (non-hydrogen) atoms. The van der Waals surface area contributed by atoms with Gasteiger partial charge in [0.25, 0.3) is 0 Å². The van der Waals surface area contributed by atoms with Crippen LogP contribution < -0.4 is 10.1 Å². The normalized spacial score (nSPS) is 10.5. The van der Waals surface area contributed by atoms with E-state index in [1.807, 2.05) is 16.7 Å². The lowest BCUT2D eigenvalue weighted by molar-refractivity contribution is -0.113. The fourth-order valence-electron chi connectivity index (χ4n) is 2.48. The topological polar surface area (TPSA) is 81.9 Å². The van der Waals surface area contributed by atoms with Crippen molar-refractivity contribution in [3.63, 3.8) is 0 Å². The second-order valence-electron chi connectivity index (χ2n) is 5.63. The van der Waals surface area contributed by atoms with Crippen molar-refractivity contribution < 1.29 is 9.53 Å². The van der Waals surface area contributed by atoms with Gasteiger partial charge in [-0.25, -0.2) is 0 Å². The number of nitrogens with zero attached hydrogens (tertiary/aromatic N) is 4. The standard InChI is InChI=1S/C19H18ClN5O2S/c1-3-10-25-18(13-6-8-21-9-7-13)23-24-19(25)28-12-17(26)22-14-4-5-16(27-2)15(20)11-14/h3-9,11H,1,10,12H2,2H3,(H,22,26). The molecule has 1 N–H and O–H groups in total. The zero-order valence-corrected chi connectivity index (χ0v) is 16.7. The minimum atomic E-state index is -0.176. The van der Waals surface area contributed by atoms with Gasteiger partial charge in [-0.3, -0.25) is 14.3 Å². The maximum Gasteiger partial charge on any atom is 0.234 e. The summed E-state index contributed by atoms with van der Waals surface area (Å²) in [5, 5.41) is 12.3. The summed E-state index contributed by atoms with van der Waals surface area (Å²) in [7, 11) is 1.54. The Balaban J connectivity index is 1.68. The van der Waals surface area contributed by atoms with Gasteiger partial charge in [-0.15, -0.1) is 16.8 Å². The molecular formula is C19H18ClN5O2S. The molecule has 0 radical (unpaired) electrons. The molecule has 3 aromatic rings. The summed E-state index contributed by atoms with van der Waals surface area (Å²) < 4.78 is 7.01. The van der Waals surface area contributed by atoms with E-state index in [0.29, 0.717) is 34.0 Å². The molecule has 1 amide bonds. The van der Waals surface area contributed by atoms with Crippen LogP contribution in [0.15, 0.2) is 60.5 Å². The third kappa shape index (κ3) is 4.71. The largest absolute Gasteiger partial charge is 0.495 e. The molecule has 3 rings (SSSR count). The van der Waals surface area contributed by atoms with Crippen LogP contribution in [0.2, 0.25) is 5.02 Å². The van der Waals surface area contributed by atoms with Crippen molar-refractivity contribution in [2.24, 2.45) is 0 Å². The van der Waals surface area contributed by atoms with Crippen LogP contribution in [-0.2, 0) is 11.3 Å². The molecule has 0 saturated heterocycles. The van der Waals surface area contributed by atoms with Crippen LogP contribution in [0.5, 0.6) is 5.75 Å². The van der Waals surface area contributed by atoms with Crippen LogP contribution in [0.25, 0.3) is 11.4 Å².